The van der Waals surface area contributed by atoms with Gasteiger partial charge in [0.15, 0.2) is 11.5 Å². The number of piperazine rings is 1. The van der Waals surface area contributed by atoms with Gasteiger partial charge in [0.2, 0.25) is 0 Å². The van der Waals surface area contributed by atoms with Crippen LogP contribution in [0, 0.1) is 0 Å². The second kappa shape index (κ2) is 9.71. The van der Waals surface area contributed by atoms with Gasteiger partial charge >= 0.3 is 0 Å². The summed E-state index contributed by atoms with van der Waals surface area (Å²) in [5, 5.41) is 11.1. The van der Waals surface area contributed by atoms with Gasteiger partial charge in [0.05, 0.1) is 24.6 Å². The van der Waals surface area contributed by atoms with Crippen molar-refractivity contribution in [1.82, 2.24) is 9.29 Å². The first-order valence-electron chi connectivity index (χ1n) is 9.58. The Morgan fingerprint density at radius 2 is 1.68 bits per heavy atom. The number of methoxy groups -OCH3 is 2. The van der Waals surface area contributed by atoms with Gasteiger partial charge in [0.25, 0.3) is 16.5 Å². The van der Waals surface area contributed by atoms with Crippen LogP contribution >= 0.6 is 0 Å². The molecule has 2 aromatic carbocycles. The molecule has 1 saturated heterocycles. The van der Waals surface area contributed by atoms with Crippen molar-refractivity contribution < 1.29 is 27.8 Å². The van der Waals surface area contributed by atoms with Gasteiger partial charge in [-0.2, -0.15) is 0 Å². The van der Waals surface area contributed by atoms with E-state index in [-0.39, 0.29) is 11.4 Å². The van der Waals surface area contributed by atoms with Crippen LogP contribution in [0.15, 0.2) is 53.6 Å². The fraction of sp³-hybridized carbons (Fsp3) is 0.286. The molecule has 1 aromatic heterocycles. The maximum absolute atomic E-state index is 13.3. The molecular weight excluding hydrogens is 422 g/mol. The predicted molar refractivity (Wildman–Crippen MR) is 118 cm³/mol. The summed E-state index contributed by atoms with van der Waals surface area (Å²) in [4.78, 5) is 10.8. The molecule has 0 radical (unpaired) electrons. The molecule has 1 aliphatic rings. The van der Waals surface area contributed by atoms with E-state index in [4.69, 9.17) is 19.4 Å². The summed E-state index contributed by atoms with van der Waals surface area (Å²) < 4.78 is 38.4. The highest BCUT2D eigenvalue weighted by Crippen LogP contribution is 2.32. The van der Waals surface area contributed by atoms with Gasteiger partial charge < -0.3 is 24.8 Å². The van der Waals surface area contributed by atoms with Crippen molar-refractivity contribution in [2.75, 3.05) is 45.3 Å². The van der Waals surface area contributed by atoms with Crippen LogP contribution < -0.4 is 19.7 Å². The second-order valence-corrected chi connectivity index (χ2v) is 8.53. The molecule has 1 aliphatic heterocycles. The van der Waals surface area contributed by atoms with Crippen LogP contribution in [0.1, 0.15) is 0 Å². The van der Waals surface area contributed by atoms with Crippen LogP contribution in [0.4, 0.5) is 5.69 Å². The lowest BCUT2D eigenvalue weighted by atomic mass is 10.2. The molecule has 0 atom stereocenters. The average Bonchev–Trinajstić information content (AvgIpc) is 3.24. The van der Waals surface area contributed by atoms with Crippen LogP contribution in [0.3, 0.4) is 0 Å². The van der Waals surface area contributed by atoms with Gasteiger partial charge in [-0.25, -0.2) is 12.4 Å². The van der Waals surface area contributed by atoms with Gasteiger partial charge in [-0.05, 0) is 30.3 Å². The lowest BCUT2D eigenvalue weighted by molar-refractivity contribution is -0.122. The summed E-state index contributed by atoms with van der Waals surface area (Å²) >= 11 is 0. The molecule has 31 heavy (non-hydrogen) atoms. The van der Waals surface area contributed by atoms with E-state index in [0.717, 1.165) is 37.3 Å². The van der Waals surface area contributed by atoms with E-state index < -0.39 is 10.0 Å². The normalized spacial score (nSPS) is 13.9. The zero-order valence-corrected chi connectivity index (χ0v) is 18.1. The molecule has 9 nitrogen and oxygen atoms in total. The topological polar surface area (TPSA) is 110 Å². The predicted octanol–water partition coefficient (Wildman–Crippen LogP) is 2.01. The number of carboxylic acid groups (broad SMARTS) is 1. The minimum atomic E-state index is -3.78. The molecule has 0 saturated carbocycles. The molecule has 166 valence electrons. The number of hydrogen-bond donors (Lipinski definition) is 2. The SMILES string of the molecule is COc1ccc(S(=O)(=O)n2ccc3ccc(N4CCNCC4)cc32)cc1OC.O=CO. The number of anilines is 1. The summed E-state index contributed by atoms with van der Waals surface area (Å²) in [6.45, 7) is 3.38. The van der Waals surface area contributed by atoms with Gasteiger partial charge in [0, 0.05) is 49.5 Å². The quantitative estimate of drug-likeness (QED) is 0.572. The number of ether oxygens (including phenoxy) is 2. The van der Waals surface area contributed by atoms with Crippen molar-refractivity contribution in [3.8, 4) is 11.5 Å². The highest BCUT2D eigenvalue weighted by atomic mass is 32.2. The Morgan fingerprint density at radius 3 is 2.32 bits per heavy atom. The lowest BCUT2D eigenvalue weighted by Gasteiger charge is -2.29. The van der Waals surface area contributed by atoms with E-state index in [1.54, 1.807) is 12.3 Å². The first-order chi connectivity index (χ1) is 15.0. The summed E-state index contributed by atoms with van der Waals surface area (Å²) in [5.41, 5.74) is 1.68. The maximum atomic E-state index is 13.3. The minimum Gasteiger partial charge on any atom is -0.493 e. The number of rotatable bonds is 5. The summed E-state index contributed by atoms with van der Waals surface area (Å²) in [5.74, 6) is 0.862. The number of carbonyl (C=O) groups is 1. The Hall–Kier alpha value is -3.24. The van der Waals surface area contributed by atoms with Crippen LogP contribution in [0.2, 0.25) is 0 Å². The number of nitrogens with one attached hydrogen (secondary N) is 1. The molecule has 0 aliphatic carbocycles. The van der Waals surface area contributed by atoms with E-state index >= 15 is 0 Å². The summed E-state index contributed by atoms with van der Waals surface area (Å²) in [6, 6.07) is 12.4. The molecule has 0 bridgehead atoms. The highest BCUT2D eigenvalue weighted by Gasteiger charge is 2.22. The maximum Gasteiger partial charge on any atom is 0.290 e. The van der Waals surface area contributed by atoms with E-state index in [1.165, 1.54) is 30.3 Å². The van der Waals surface area contributed by atoms with Crippen LogP contribution in [-0.2, 0) is 14.8 Å². The summed E-state index contributed by atoms with van der Waals surface area (Å²) in [7, 11) is -0.775. The average molecular weight is 448 g/mol. The fourth-order valence-corrected chi connectivity index (χ4v) is 4.87. The third kappa shape index (κ3) is 4.59. The Morgan fingerprint density at radius 1 is 1.00 bits per heavy atom. The van der Waals surface area contributed by atoms with Crippen molar-refractivity contribution in [3.05, 3.63) is 48.7 Å². The van der Waals surface area contributed by atoms with Gasteiger partial charge in [-0.15, -0.1) is 0 Å². The van der Waals surface area contributed by atoms with E-state index in [1.807, 2.05) is 24.3 Å². The third-order valence-electron chi connectivity index (χ3n) is 5.03. The monoisotopic (exact) mass is 447 g/mol. The molecule has 0 amide bonds. The molecule has 3 aromatic rings. The van der Waals surface area contributed by atoms with Gasteiger partial charge in [0.1, 0.15) is 0 Å². The number of hydrogen-bond acceptors (Lipinski definition) is 7. The van der Waals surface area contributed by atoms with Crippen LogP contribution in [0.25, 0.3) is 10.9 Å². The van der Waals surface area contributed by atoms with Gasteiger partial charge in [-0.3, -0.25) is 4.79 Å². The Balaban J connectivity index is 0.000000858. The first kappa shape index (κ1) is 22.4. The first-order valence-corrected chi connectivity index (χ1v) is 11.0. The molecule has 0 unspecified atom stereocenters. The second-order valence-electron chi connectivity index (χ2n) is 6.72. The molecular formula is C21H25N3O6S. The number of nitrogens with zero attached hydrogens (tertiary/aromatic N) is 2. The molecule has 4 rings (SSSR count). The number of benzene rings is 2. The van der Waals surface area contributed by atoms with Gasteiger partial charge in [-0.1, -0.05) is 6.07 Å². The number of fused-ring (bicyclic) bond motifs is 1. The standard InChI is InChI=1S/C20H23N3O4S.CH2O2/c1-26-19-6-5-17(14-20(19)27-2)28(24,25)23-10-7-15-3-4-16(13-18(15)23)22-11-8-21-9-12-22;2-1-3/h3-7,10,13-14,21H,8-9,11-12H2,1-2H3;1H,(H,2,3). The van der Waals surface area contributed by atoms with Crippen LogP contribution in [-0.4, -0.2) is 64.4 Å². The molecule has 10 heteroatoms. The molecule has 2 N–H and O–H groups in total. The highest BCUT2D eigenvalue weighted by molar-refractivity contribution is 7.90. The molecule has 0 spiro atoms. The van der Waals surface area contributed by atoms with Crippen molar-refractivity contribution >= 4 is 33.1 Å². The van der Waals surface area contributed by atoms with E-state index in [0.29, 0.717) is 17.0 Å². The lowest BCUT2D eigenvalue weighted by Crippen LogP contribution is -2.43. The Kier molecular flexibility index (Phi) is 7.03. The molecule has 2 heterocycles. The van der Waals surface area contributed by atoms with E-state index in [9.17, 15) is 8.42 Å². The number of aromatic nitrogens is 1. The smallest absolute Gasteiger partial charge is 0.290 e. The van der Waals surface area contributed by atoms with Crippen LogP contribution in [0.5, 0.6) is 11.5 Å². The Labute approximate surface area is 180 Å². The summed E-state index contributed by atoms with van der Waals surface area (Å²) in [6.07, 6.45) is 1.60. The van der Waals surface area contributed by atoms with E-state index in [2.05, 4.69) is 10.2 Å². The zero-order chi connectivity index (χ0) is 22.4. The largest absolute Gasteiger partial charge is 0.493 e. The van der Waals surface area contributed by atoms with Crippen molar-refractivity contribution in [1.29, 1.82) is 0 Å². The Bertz CT molecular complexity index is 1150. The van der Waals surface area contributed by atoms with Crippen molar-refractivity contribution in [2.24, 2.45) is 0 Å². The van der Waals surface area contributed by atoms with Crippen molar-refractivity contribution in [2.45, 2.75) is 4.90 Å². The van der Waals surface area contributed by atoms with Crippen molar-refractivity contribution in [3.63, 3.8) is 0 Å². The molecule has 1 fully saturated rings. The zero-order valence-electron chi connectivity index (χ0n) is 17.3. The fourth-order valence-electron chi connectivity index (χ4n) is 3.51. The minimum absolute atomic E-state index is 0.148. The third-order valence-corrected chi connectivity index (χ3v) is 6.72.